The Hall–Kier alpha value is -8.45. The number of nitrogens with zero attached hydrogens (tertiary/aromatic N) is 3. The average molecular weight is 881 g/mol. The van der Waals surface area contributed by atoms with Crippen molar-refractivity contribution in [1.29, 1.82) is 0 Å². The monoisotopic (exact) mass is 880 g/mol. The number of aromatic nitrogens is 4. The van der Waals surface area contributed by atoms with Crippen LogP contribution in [0.25, 0.3) is 95.0 Å². The molecule has 9 aromatic rings. The highest BCUT2D eigenvalue weighted by Crippen LogP contribution is 2.44. The van der Waals surface area contributed by atoms with Crippen molar-refractivity contribution in [3.05, 3.63) is 125 Å². The van der Waals surface area contributed by atoms with Crippen LogP contribution in [0.15, 0.2) is 108 Å². The standard InChI is InChI=1S/C53H44N4O9/c1-59-32-15-28(16-33(23-32)60-2)47-40-27-54-52-50(31-21-38(65-7)26-39(22-31)66-8)46-14-13-45(57(46)53(58)51(40)52)49(30-19-36(63-5)25-37(20-30)64-6)44-12-11-43(56-44)48(42-10-9-41(47)55-42)29-17-34(61-3)24-35(18-29)62-4/h9-27,55H,1-8H3. The fraction of sp³-hybridized carbons (Fsp3) is 0.151. The maximum absolute atomic E-state index is 15.9. The van der Waals surface area contributed by atoms with Gasteiger partial charge in [-0.05, 0) is 107 Å². The molecule has 6 heterocycles. The number of benzene rings is 4. The molecule has 13 nitrogen and oxygen atoms in total. The minimum absolute atomic E-state index is 0.294. The zero-order valence-electron chi connectivity index (χ0n) is 37.5. The van der Waals surface area contributed by atoms with Crippen LogP contribution in [0.3, 0.4) is 0 Å². The first-order valence-corrected chi connectivity index (χ1v) is 20.9. The van der Waals surface area contributed by atoms with Crippen molar-refractivity contribution in [2.45, 2.75) is 0 Å². The second kappa shape index (κ2) is 16.6. The number of H-pyrrole nitrogens is 1. The highest BCUT2D eigenvalue weighted by Gasteiger charge is 2.26. The minimum Gasteiger partial charge on any atom is -0.497 e. The SMILES string of the molecule is COc1cc(OC)cc(-c2c3nc(c(-c4cc(OC)cc(OC)c4)c4ccc5c(-c6cc(OC)cc(OC)c6)c6ncc(c(-c7cc(OC)cc(OC)c7)c7ccc2[nH]7)c6c(=O)n45)C=C3)c1. The number of aromatic amines is 1. The number of hydrogen-bond acceptors (Lipinski definition) is 11. The molecule has 0 fully saturated rings. The molecule has 0 aliphatic carbocycles. The molecule has 0 radical (unpaired) electrons. The van der Waals surface area contributed by atoms with E-state index in [1.165, 1.54) is 0 Å². The lowest BCUT2D eigenvalue weighted by atomic mass is 9.98. The van der Waals surface area contributed by atoms with E-state index in [1.807, 2.05) is 109 Å². The molecule has 0 saturated carbocycles. The lowest BCUT2D eigenvalue weighted by Crippen LogP contribution is -2.14. The first-order chi connectivity index (χ1) is 32.2. The summed E-state index contributed by atoms with van der Waals surface area (Å²) < 4.78 is 48.1. The summed E-state index contributed by atoms with van der Waals surface area (Å²) in [7, 11) is 12.9. The van der Waals surface area contributed by atoms with Gasteiger partial charge in [0.25, 0.3) is 5.56 Å². The summed E-state index contributed by atoms with van der Waals surface area (Å²) in [5.74, 6) is 4.59. The molecule has 0 unspecified atom stereocenters. The topological polar surface area (TPSA) is 137 Å². The molecule has 0 amide bonds. The van der Waals surface area contributed by atoms with E-state index in [9.17, 15) is 0 Å². The summed E-state index contributed by atoms with van der Waals surface area (Å²) in [4.78, 5) is 30.2. The molecule has 4 aromatic carbocycles. The fourth-order valence-electron chi connectivity index (χ4n) is 9.00. The zero-order valence-corrected chi connectivity index (χ0v) is 37.5. The summed E-state index contributed by atoms with van der Waals surface area (Å²) in [6.07, 6.45) is 5.70. The van der Waals surface area contributed by atoms with Gasteiger partial charge in [0, 0.05) is 69.1 Å². The molecule has 66 heavy (non-hydrogen) atoms. The maximum atomic E-state index is 15.9. The zero-order chi connectivity index (χ0) is 45.8. The van der Waals surface area contributed by atoms with Gasteiger partial charge in [0.2, 0.25) is 0 Å². The van der Waals surface area contributed by atoms with E-state index in [4.69, 9.17) is 47.9 Å². The van der Waals surface area contributed by atoms with Crippen LogP contribution >= 0.6 is 0 Å². The lowest BCUT2D eigenvalue weighted by molar-refractivity contribution is 0.394. The number of rotatable bonds is 12. The van der Waals surface area contributed by atoms with Crippen molar-refractivity contribution >= 4 is 50.5 Å². The quantitative estimate of drug-likeness (QED) is 0.126. The van der Waals surface area contributed by atoms with E-state index in [1.54, 1.807) is 67.5 Å². The van der Waals surface area contributed by atoms with E-state index in [0.29, 0.717) is 118 Å². The number of methoxy groups -OCH3 is 8. The van der Waals surface area contributed by atoms with Crippen LogP contribution in [0.4, 0.5) is 0 Å². The Balaban J connectivity index is 1.50. The van der Waals surface area contributed by atoms with Crippen molar-refractivity contribution in [3.63, 3.8) is 0 Å². The number of hydrogen-bond donors (Lipinski definition) is 1. The Morgan fingerprint density at radius 2 is 0.803 bits per heavy atom. The second-order valence-electron chi connectivity index (χ2n) is 15.5. The molecule has 1 N–H and O–H groups in total. The summed E-state index contributed by atoms with van der Waals surface area (Å²) in [6.45, 7) is 0. The Morgan fingerprint density at radius 1 is 0.439 bits per heavy atom. The molecule has 0 saturated heterocycles. The number of nitrogens with one attached hydrogen (secondary N) is 1. The molecule has 0 spiro atoms. The van der Waals surface area contributed by atoms with Crippen molar-refractivity contribution in [3.8, 4) is 90.5 Å². The first kappa shape index (κ1) is 41.6. The van der Waals surface area contributed by atoms with Crippen molar-refractivity contribution < 1.29 is 37.9 Å². The molecule has 0 atom stereocenters. The van der Waals surface area contributed by atoms with Gasteiger partial charge in [-0.2, -0.15) is 0 Å². The van der Waals surface area contributed by atoms with Crippen LogP contribution in [-0.4, -0.2) is 76.2 Å². The fourth-order valence-corrected chi connectivity index (χ4v) is 9.00. The van der Waals surface area contributed by atoms with Gasteiger partial charge in [0.1, 0.15) is 46.0 Å². The molecule has 1 aliphatic heterocycles. The number of pyridine rings is 1. The van der Waals surface area contributed by atoms with Gasteiger partial charge in [-0.3, -0.25) is 14.2 Å². The summed E-state index contributed by atoms with van der Waals surface area (Å²) in [5, 5.41) is 0.955. The third-order valence-electron chi connectivity index (χ3n) is 12.1. The predicted molar refractivity (Wildman–Crippen MR) is 258 cm³/mol. The Morgan fingerprint density at radius 3 is 1.24 bits per heavy atom. The summed E-state index contributed by atoms with van der Waals surface area (Å²) in [6, 6.07) is 30.6. The van der Waals surface area contributed by atoms with E-state index in [2.05, 4.69) is 4.98 Å². The van der Waals surface area contributed by atoms with Crippen LogP contribution < -0.4 is 43.5 Å². The smallest absolute Gasteiger partial charge is 0.265 e. The van der Waals surface area contributed by atoms with Gasteiger partial charge in [0.05, 0.1) is 90.2 Å². The van der Waals surface area contributed by atoms with Crippen LogP contribution in [0.5, 0.6) is 46.0 Å². The van der Waals surface area contributed by atoms with E-state index < -0.39 is 0 Å². The van der Waals surface area contributed by atoms with Crippen LogP contribution in [-0.2, 0) is 0 Å². The normalized spacial score (nSPS) is 11.6. The van der Waals surface area contributed by atoms with Gasteiger partial charge in [-0.25, -0.2) is 4.98 Å². The number of fused-ring (bicyclic) bond motifs is 4. The Labute approximate surface area is 379 Å². The van der Waals surface area contributed by atoms with Crippen molar-refractivity contribution in [1.82, 2.24) is 19.4 Å². The largest absolute Gasteiger partial charge is 0.497 e. The third-order valence-corrected chi connectivity index (χ3v) is 12.1. The molecule has 6 bridgehead atoms. The highest BCUT2D eigenvalue weighted by molar-refractivity contribution is 6.15. The van der Waals surface area contributed by atoms with Gasteiger partial charge in [-0.1, -0.05) is 0 Å². The molecule has 10 rings (SSSR count). The van der Waals surface area contributed by atoms with Gasteiger partial charge in [0.15, 0.2) is 0 Å². The molecule has 13 heteroatoms. The third kappa shape index (κ3) is 6.83. The lowest BCUT2D eigenvalue weighted by Gasteiger charge is -2.14. The Kier molecular flexibility index (Phi) is 10.4. The molecule has 5 aromatic heterocycles. The van der Waals surface area contributed by atoms with Crippen molar-refractivity contribution in [2.24, 2.45) is 0 Å². The van der Waals surface area contributed by atoms with Crippen LogP contribution in [0, 0.1) is 0 Å². The first-order valence-electron chi connectivity index (χ1n) is 20.9. The molecule has 1 aliphatic rings. The summed E-state index contributed by atoms with van der Waals surface area (Å²) >= 11 is 0. The van der Waals surface area contributed by atoms with Crippen molar-refractivity contribution in [2.75, 3.05) is 56.9 Å². The second-order valence-corrected chi connectivity index (χ2v) is 15.5. The highest BCUT2D eigenvalue weighted by atomic mass is 16.5. The average Bonchev–Trinajstić information content (AvgIpc) is 4.20. The molecular weight excluding hydrogens is 837 g/mol. The van der Waals surface area contributed by atoms with Gasteiger partial charge < -0.3 is 42.9 Å². The summed E-state index contributed by atoms with van der Waals surface area (Å²) in [5.41, 5.74) is 9.79. The molecular formula is C53H44N4O9. The van der Waals surface area contributed by atoms with Gasteiger partial charge >= 0.3 is 0 Å². The van der Waals surface area contributed by atoms with E-state index in [0.717, 1.165) is 22.2 Å². The minimum atomic E-state index is -0.294. The maximum Gasteiger partial charge on any atom is 0.265 e. The predicted octanol–water partition coefficient (Wildman–Crippen LogP) is 10.7. The number of ether oxygens (including phenoxy) is 8. The van der Waals surface area contributed by atoms with E-state index in [-0.39, 0.29) is 5.56 Å². The molecule has 330 valence electrons. The Bertz CT molecular complexity index is 3490. The van der Waals surface area contributed by atoms with Crippen LogP contribution in [0.1, 0.15) is 11.4 Å². The van der Waals surface area contributed by atoms with Crippen LogP contribution in [0.2, 0.25) is 0 Å². The van der Waals surface area contributed by atoms with E-state index >= 15 is 4.79 Å². The van der Waals surface area contributed by atoms with Gasteiger partial charge in [-0.15, -0.1) is 0 Å².